The van der Waals surface area contributed by atoms with E-state index in [9.17, 15) is 5.21 Å². The van der Waals surface area contributed by atoms with Crippen LogP contribution in [0.3, 0.4) is 0 Å². The molecule has 1 rings (SSSR count). The standard InChI is InChI=1S/C12H14NO/c1-4-12(2,3)11(13-14)10-8-6-5-7-9-10/h4-9H,1H2,2-3H3/b13-11+. The summed E-state index contributed by atoms with van der Waals surface area (Å²) in [4.78, 5) is 0. The van der Waals surface area contributed by atoms with Crippen molar-refractivity contribution in [3.8, 4) is 0 Å². The summed E-state index contributed by atoms with van der Waals surface area (Å²) >= 11 is 0. The van der Waals surface area contributed by atoms with Gasteiger partial charge in [-0.1, -0.05) is 50.3 Å². The first-order valence-electron chi connectivity index (χ1n) is 4.51. The lowest BCUT2D eigenvalue weighted by molar-refractivity contribution is 0.206. The molecule has 2 nitrogen and oxygen atoms in total. The van der Waals surface area contributed by atoms with Crippen LogP contribution in [-0.4, -0.2) is 5.71 Å². The van der Waals surface area contributed by atoms with Gasteiger partial charge in [-0.25, -0.2) is 0 Å². The summed E-state index contributed by atoms with van der Waals surface area (Å²) in [5.41, 5.74) is 0.990. The van der Waals surface area contributed by atoms with E-state index in [1.54, 1.807) is 6.08 Å². The third-order valence-corrected chi connectivity index (χ3v) is 2.26. The average Bonchev–Trinajstić information content (AvgIpc) is 2.20. The molecule has 1 aromatic rings. The molecule has 0 aliphatic carbocycles. The summed E-state index contributed by atoms with van der Waals surface area (Å²) in [6.07, 6.45) is 1.73. The summed E-state index contributed by atoms with van der Waals surface area (Å²) < 4.78 is 0. The molecule has 0 spiro atoms. The van der Waals surface area contributed by atoms with Gasteiger partial charge in [-0.3, -0.25) is 0 Å². The first-order chi connectivity index (χ1) is 6.61. The average molecular weight is 188 g/mol. The fourth-order valence-electron chi connectivity index (χ4n) is 1.24. The predicted octanol–water partition coefficient (Wildman–Crippen LogP) is 3.03. The highest BCUT2D eigenvalue weighted by atomic mass is 16.4. The van der Waals surface area contributed by atoms with Gasteiger partial charge >= 0.3 is 0 Å². The van der Waals surface area contributed by atoms with E-state index in [2.05, 4.69) is 11.7 Å². The van der Waals surface area contributed by atoms with E-state index in [0.717, 1.165) is 5.56 Å². The minimum absolute atomic E-state index is 0.386. The zero-order chi connectivity index (χ0) is 10.6. The molecule has 0 atom stereocenters. The number of benzene rings is 1. The van der Waals surface area contributed by atoms with E-state index in [0.29, 0.717) is 5.71 Å². The van der Waals surface area contributed by atoms with E-state index in [1.807, 2.05) is 44.2 Å². The molecule has 0 heterocycles. The zero-order valence-corrected chi connectivity index (χ0v) is 8.53. The van der Waals surface area contributed by atoms with Gasteiger partial charge in [0.25, 0.3) is 0 Å². The summed E-state index contributed by atoms with van der Waals surface area (Å²) in [6.45, 7) is 7.55. The first kappa shape index (κ1) is 10.5. The van der Waals surface area contributed by atoms with Gasteiger partial charge in [0.05, 0.1) is 0 Å². The van der Waals surface area contributed by atoms with E-state index >= 15 is 0 Å². The van der Waals surface area contributed by atoms with Crippen molar-refractivity contribution >= 4 is 5.71 Å². The van der Waals surface area contributed by atoms with Gasteiger partial charge in [0.1, 0.15) is 5.71 Å². The van der Waals surface area contributed by atoms with Crippen LogP contribution in [-0.2, 0) is 5.21 Å². The number of nitrogens with zero attached hydrogens (tertiary/aromatic N) is 1. The smallest absolute Gasteiger partial charge is 0.101 e. The maximum atomic E-state index is 10.8. The normalized spacial score (nSPS) is 12.6. The molecule has 0 amide bonds. The van der Waals surface area contributed by atoms with Crippen molar-refractivity contribution in [2.75, 3.05) is 0 Å². The highest BCUT2D eigenvalue weighted by Gasteiger charge is 2.23. The Morgan fingerprint density at radius 1 is 1.36 bits per heavy atom. The Morgan fingerprint density at radius 2 is 1.93 bits per heavy atom. The van der Waals surface area contributed by atoms with Crippen molar-refractivity contribution in [2.24, 2.45) is 10.6 Å². The number of hydrogen-bond donors (Lipinski definition) is 0. The molecule has 2 heteroatoms. The summed E-state index contributed by atoms with van der Waals surface area (Å²) in [5, 5.41) is 13.9. The minimum atomic E-state index is -0.386. The van der Waals surface area contributed by atoms with E-state index < -0.39 is 0 Å². The van der Waals surface area contributed by atoms with Crippen LogP contribution < -0.4 is 0 Å². The van der Waals surface area contributed by atoms with Gasteiger partial charge in [-0.05, 0) is 5.16 Å². The van der Waals surface area contributed by atoms with Gasteiger partial charge in [0.2, 0.25) is 0 Å². The summed E-state index contributed by atoms with van der Waals surface area (Å²) in [5.74, 6) is 0. The SMILES string of the molecule is C=CC(C)(C)/C(=N/[O])c1ccccc1. The molecule has 0 saturated carbocycles. The molecule has 0 bridgehead atoms. The van der Waals surface area contributed by atoms with Crippen LogP contribution in [0, 0.1) is 5.41 Å². The molecule has 73 valence electrons. The van der Waals surface area contributed by atoms with Crippen molar-refractivity contribution in [3.05, 3.63) is 48.6 Å². The molecule has 0 aromatic heterocycles. The molecule has 1 radical (unpaired) electrons. The van der Waals surface area contributed by atoms with Crippen molar-refractivity contribution in [1.82, 2.24) is 0 Å². The van der Waals surface area contributed by atoms with Crippen molar-refractivity contribution < 1.29 is 5.21 Å². The minimum Gasteiger partial charge on any atom is -0.145 e. The second-order valence-electron chi connectivity index (χ2n) is 3.73. The molecule has 14 heavy (non-hydrogen) atoms. The molecule has 0 aliphatic rings. The summed E-state index contributed by atoms with van der Waals surface area (Å²) in [7, 11) is 0. The lowest BCUT2D eigenvalue weighted by atomic mass is 9.84. The summed E-state index contributed by atoms with van der Waals surface area (Å²) in [6, 6.07) is 9.44. The van der Waals surface area contributed by atoms with Crippen molar-refractivity contribution in [3.63, 3.8) is 0 Å². The second-order valence-corrected chi connectivity index (χ2v) is 3.73. The molecular formula is C12H14NO. The van der Waals surface area contributed by atoms with Crippen molar-refractivity contribution in [1.29, 1.82) is 0 Å². The molecule has 1 aromatic carbocycles. The van der Waals surface area contributed by atoms with Crippen LogP contribution in [0.4, 0.5) is 0 Å². The van der Waals surface area contributed by atoms with Gasteiger partial charge in [-0.15, -0.1) is 11.8 Å². The Bertz CT molecular complexity index is 339. The van der Waals surface area contributed by atoms with Crippen LogP contribution in [0.5, 0.6) is 0 Å². The Kier molecular flexibility index (Phi) is 3.07. The molecular weight excluding hydrogens is 174 g/mol. The fourth-order valence-corrected chi connectivity index (χ4v) is 1.24. The van der Waals surface area contributed by atoms with Gasteiger partial charge in [-0.2, -0.15) is 0 Å². The highest BCUT2D eigenvalue weighted by Crippen LogP contribution is 2.23. The molecule has 0 fully saturated rings. The van der Waals surface area contributed by atoms with Crippen LogP contribution in [0.1, 0.15) is 19.4 Å². The van der Waals surface area contributed by atoms with Gasteiger partial charge in [0, 0.05) is 11.0 Å². The van der Waals surface area contributed by atoms with Crippen LogP contribution >= 0.6 is 0 Å². The predicted molar refractivity (Wildman–Crippen MR) is 57.6 cm³/mol. The first-order valence-corrected chi connectivity index (χ1v) is 4.51. The van der Waals surface area contributed by atoms with E-state index in [4.69, 9.17) is 0 Å². The second kappa shape index (κ2) is 4.09. The molecule has 0 N–H and O–H groups in total. The molecule has 0 saturated heterocycles. The Labute approximate surface area is 84.6 Å². The third kappa shape index (κ3) is 2.02. The van der Waals surface area contributed by atoms with Crippen LogP contribution in [0.25, 0.3) is 0 Å². The van der Waals surface area contributed by atoms with Gasteiger partial charge in [0.15, 0.2) is 0 Å². The fraction of sp³-hybridized carbons (Fsp3) is 0.250. The van der Waals surface area contributed by atoms with E-state index in [-0.39, 0.29) is 5.41 Å². The van der Waals surface area contributed by atoms with Crippen LogP contribution in [0.15, 0.2) is 48.1 Å². The van der Waals surface area contributed by atoms with Crippen molar-refractivity contribution in [2.45, 2.75) is 13.8 Å². The van der Waals surface area contributed by atoms with E-state index in [1.165, 1.54) is 0 Å². The largest absolute Gasteiger partial charge is 0.145 e. The number of rotatable bonds is 3. The number of hydrogen-bond acceptors (Lipinski definition) is 1. The number of allylic oxidation sites excluding steroid dienone is 1. The lowest BCUT2D eigenvalue weighted by Gasteiger charge is -2.20. The molecule has 0 unspecified atom stereocenters. The zero-order valence-electron chi connectivity index (χ0n) is 8.53. The maximum absolute atomic E-state index is 10.8. The molecule has 0 aliphatic heterocycles. The van der Waals surface area contributed by atoms with Crippen LogP contribution in [0.2, 0.25) is 0 Å². The maximum Gasteiger partial charge on any atom is 0.101 e. The van der Waals surface area contributed by atoms with Gasteiger partial charge < -0.3 is 0 Å². The highest BCUT2D eigenvalue weighted by molar-refractivity contribution is 6.04. The quantitative estimate of drug-likeness (QED) is 0.397. The Hall–Kier alpha value is -1.57. The lowest BCUT2D eigenvalue weighted by Crippen LogP contribution is -2.22. The topological polar surface area (TPSA) is 32.3 Å². The monoisotopic (exact) mass is 188 g/mol. The Balaban J connectivity index is 3.13. The Morgan fingerprint density at radius 3 is 2.36 bits per heavy atom. The third-order valence-electron chi connectivity index (χ3n) is 2.26.